The number of nitrogens with zero attached hydrogens (tertiary/aromatic N) is 3. The molecule has 0 radical (unpaired) electrons. The van der Waals surface area contributed by atoms with E-state index in [-0.39, 0.29) is 29.7 Å². The van der Waals surface area contributed by atoms with Crippen LogP contribution in [0, 0.1) is 0 Å². The summed E-state index contributed by atoms with van der Waals surface area (Å²) in [5, 5.41) is 12.1. The molecule has 4 N–H and O–H groups in total. The minimum Gasteiger partial charge on any atom is -0.380 e. The van der Waals surface area contributed by atoms with Gasteiger partial charge in [-0.1, -0.05) is 0 Å². The molecule has 0 saturated carbocycles. The molecule has 2 rings (SSSR count). The first kappa shape index (κ1) is 14.5. The summed E-state index contributed by atoms with van der Waals surface area (Å²) in [6, 6.07) is 0. The highest BCUT2D eigenvalue weighted by Gasteiger charge is 2.46. The van der Waals surface area contributed by atoms with Crippen LogP contribution in [-0.4, -0.2) is 38.6 Å². The predicted octanol–water partition coefficient (Wildman–Crippen LogP) is 1.36. The molecule has 0 unspecified atom stereocenters. The number of rotatable bonds is 3. The second-order valence-corrected chi connectivity index (χ2v) is 4.36. The van der Waals surface area contributed by atoms with Gasteiger partial charge in [-0.05, 0) is 13.3 Å². The third kappa shape index (κ3) is 2.67. The maximum Gasteiger partial charge on any atom is 0.280 e. The fourth-order valence-corrected chi connectivity index (χ4v) is 1.88. The van der Waals surface area contributed by atoms with Gasteiger partial charge in [0.25, 0.3) is 5.92 Å². The number of aromatic nitrogens is 3. The molecule has 9 heteroatoms. The average molecular weight is 289 g/mol. The van der Waals surface area contributed by atoms with Crippen molar-refractivity contribution in [1.82, 2.24) is 15.0 Å². The lowest BCUT2D eigenvalue weighted by molar-refractivity contribution is -0.107. The van der Waals surface area contributed by atoms with Crippen LogP contribution in [0.1, 0.15) is 25.6 Å². The molecule has 110 valence electrons. The van der Waals surface area contributed by atoms with Gasteiger partial charge in [0.1, 0.15) is 5.83 Å². The normalized spacial score (nSPS) is 21.9. The highest BCUT2D eigenvalue weighted by molar-refractivity contribution is 5.65. The molecule has 1 atom stereocenters. The fourth-order valence-electron chi connectivity index (χ4n) is 1.88. The first-order valence-corrected chi connectivity index (χ1v) is 6.05. The van der Waals surface area contributed by atoms with Crippen molar-refractivity contribution in [3.8, 4) is 0 Å². The summed E-state index contributed by atoms with van der Waals surface area (Å²) < 4.78 is 40.3. The van der Waals surface area contributed by atoms with Crippen molar-refractivity contribution >= 4 is 17.5 Å². The number of allylic oxidation sites excluding steroid dienone is 1. The molecule has 20 heavy (non-hydrogen) atoms. The Bertz CT molecular complexity index is 549. The van der Waals surface area contributed by atoms with Crippen molar-refractivity contribution in [3.63, 3.8) is 0 Å². The Labute approximate surface area is 112 Å². The summed E-state index contributed by atoms with van der Waals surface area (Å²) in [5.41, 5.74) is 5.30. The maximum atomic E-state index is 13.9. The van der Waals surface area contributed by atoms with E-state index >= 15 is 0 Å². The van der Waals surface area contributed by atoms with Gasteiger partial charge in [0.2, 0.25) is 11.9 Å². The van der Waals surface area contributed by atoms with Crippen molar-refractivity contribution in [2.75, 3.05) is 17.6 Å². The summed E-state index contributed by atoms with van der Waals surface area (Å²) >= 11 is 0. The van der Waals surface area contributed by atoms with Crippen molar-refractivity contribution in [3.05, 3.63) is 11.7 Å². The number of hydrogen-bond acceptors (Lipinski definition) is 6. The van der Waals surface area contributed by atoms with Crippen LogP contribution in [0.5, 0.6) is 0 Å². The van der Waals surface area contributed by atoms with Gasteiger partial charge in [-0.25, -0.2) is 13.2 Å². The van der Waals surface area contributed by atoms with Crippen molar-refractivity contribution in [1.29, 1.82) is 0 Å². The summed E-state index contributed by atoms with van der Waals surface area (Å²) in [6.07, 6.45) is -3.45. The van der Waals surface area contributed by atoms with Gasteiger partial charge in [0, 0.05) is 18.5 Å². The molecule has 6 nitrogen and oxygen atoms in total. The maximum absolute atomic E-state index is 13.9. The Balaban J connectivity index is 2.43. The average Bonchev–Trinajstić information content (AvgIpc) is 2.36. The molecule has 0 saturated heterocycles. The third-order valence-corrected chi connectivity index (χ3v) is 2.89. The van der Waals surface area contributed by atoms with Gasteiger partial charge in [-0.15, -0.1) is 0 Å². The monoisotopic (exact) mass is 289 g/mol. The van der Waals surface area contributed by atoms with Crippen LogP contribution < -0.4 is 11.1 Å². The summed E-state index contributed by atoms with van der Waals surface area (Å²) in [5.74, 6) is -4.98. The van der Waals surface area contributed by atoms with Crippen LogP contribution in [0.25, 0.3) is 5.57 Å². The minimum absolute atomic E-state index is 0.127. The van der Waals surface area contributed by atoms with Gasteiger partial charge in [-0.2, -0.15) is 15.0 Å². The number of aliphatic hydroxyl groups excluding tert-OH is 1. The molecule has 1 aliphatic rings. The van der Waals surface area contributed by atoms with E-state index in [1.807, 2.05) is 0 Å². The van der Waals surface area contributed by atoms with Crippen LogP contribution in [0.15, 0.2) is 5.83 Å². The zero-order valence-corrected chi connectivity index (χ0v) is 10.7. The second kappa shape index (κ2) is 5.23. The van der Waals surface area contributed by atoms with E-state index in [4.69, 9.17) is 5.73 Å². The number of nitrogen functional groups attached to an aromatic ring is 1. The van der Waals surface area contributed by atoms with Crippen molar-refractivity contribution < 1.29 is 18.3 Å². The Morgan fingerprint density at radius 2 is 2.10 bits per heavy atom. The molecular formula is C11H14F3N5O. The number of nitrogens with one attached hydrogen (secondary N) is 1. The van der Waals surface area contributed by atoms with E-state index in [0.717, 1.165) is 0 Å². The molecule has 0 amide bonds. The molecule has 0 fully saturated rings. The second-order valence-electron chi connectivity index (χ2n) is 4.36. The first-order valence-electron chi connectivity index (χ1n) is 6.05. The zero-order valence-electron chi connectivity index (χ0n) is 10.7. The van der Waals surface area contributed by atoms with Crippen LogP contribution in [0.3, 0.4) is 0 Å². The highest BCUT2D eigenvalue weighted by Crippen LogP contribution is 2.40. The molecule has 1 aliphatic carbocycles. The lowest BCUT2D eigenvalue weighted by Crippen LogP contribution is -2.37. The molecule has 1 aromatic rings. The quantitative estimate of drug-likeness (QED) is 0.777. The Hall–Kier alpha value is -1.90. The van der Waals surface area contributed by atoms with E-state index in [2.05, 4.69) is 20.3 Å². The highest BCUT2D eigenvalue weighted by atomic mass is 19.3. The van der Waals surface area contributed by atoms with Gasteiger partial charge in [0.15, 0.2) is 11.9 Å². The van der Waals surface area contributed by atoms with Gasteiger partial charge in [0.05, 0.1) is 0 Å². The SMILES string of the molecule is CCNc1nc(N)nc(C2=C(F)[C@@H](O)C(F)(F)CC2)n1. The molecule has 1 aromatic heterocycles. The number of hydrogen-bond donors (Lipinski definition) is 3. The van der Waals surface area contributed by atoms with Gasteiger partial charge < -0.3 is 16.2 Å². The van der Waals surface area contributed by atoms with E-state index in [9.17, 15) is 18.3 Å². The number of alkyl halides is 2. The first-order chi connectivity index (χ1) is 9.35. The summed E-state index contributed by atoms with van der Waals surface area (Å²) in [6.45, 7) is 2.30. The van der Waals surface area contributed by atoms with Crippen LogP contribution in [0.4, 0.5) is 25.1 Å². The lowest BCUT2D eigenvalue weighted by Gasteiger charge is -2.27. The smallest absolute Gasteiger partial charge is 0.280 e. The summed E-state index contributed by atoms with van der Waals surface area (Å²) in [7, 11) is 0. The third-order valence-electron chi connectivity index (χ3n) is 2.89. The van der Waals surface area contributed by atoms with Crippen LogP contribution in [0.2, 0.25) is 0 Å². The molecule has 0 aromatic carbocycles. The Kier molecular flexibility index (Phi) is 3.80. The van der Waals surface area contributed by atoms with Crippen LogP contribution >= 0.6 is 0 Å². The van der Waals surface area contributed by atoms with Crippen molar-refractivity contribution in [2.24, 2.45) is 0 Å². The number of anilines is 2. The van der Waals surface area contributed by atoms with E-state index < -0.39 is 24.3 Å². The largest absolute Gasteiger partial charge is 0.380 e. The molecule has 0 aliphatic heterocycles. The number of halogens is 3. The molecular weight excluding hydrogens is 275 g/mol. The molecule has 0 bridgehead atoms. The fraction of sp³-hybridized carbons (Fsp3) is 0.545. The van der Waals surface area contributed by atoms with Gasteiger partial charge in [-0.3, -0.25) is 0 Å². The number of nitrogens with two attached hydrogens (primary N) is 1. The van der Waals surface area contributed by atoms with Crippen molar-refractivity contribution in [2.45, 2.75) is 31.8 Å². The Morgan fingerprint density at radius 3 is 2.75 bits per heavy atom. The topological polar surface area (TPSA) is 97.0 Å². The van der Waals surface area contributed by atoms with E-state index in [1.54, 1.807) is 6.92 Å². The molecule has 1 heterocycles. The summed E-state index contributed by atoms with van der Waals surface area (Å²) in [4.78, 5) is 11.4. The Morgan fingerprint density at radius 1 is 1.40 bits per heavy atom. The van der Waals surface area contributed by atoms with E-state index in [0.29, 0.717) is 6.54 Å². The van der Waals surface area contributed by atoms with E-state index in [1.165, 1.54) is 0 Å². The minimum atomic E-state index is -3.49. The molecule has 0 spiro atoms. The van der Waals surface area contributed by atoms with Crippen LogP contribution in [-0.2, 0) is 0 Å². The number of aliphatic hydroxyl groups is 1. The predicted molar refractivity (Wildman–Crippen MR) is 66.6 cm³/mol. The van der Waals surface area contributed by atoms with Gasteiger partial charge >= 0.3 is 0 Å². The zero-order chi connectivity index (χ0) is 14.9. The lowest BCUT2D eigenvalue weighted by atomic mass is 9.92. The standard InChI is InChI=1S/C11H14F3N5O/c1-2-16-10-18-8(17-9(15)19-10)5-3-4-11(13,14)7(20)6(5)12/h7,20H,2-4H2,1H3,(H3,15,16,17,18,19)/t7-/m1/s1.